The van der Waals surface area contributed by atoms with Gasteiger partial charge in [-0.2, -0.15) is 0 Å². The highest BCUT2D eigenvalue weighted by atomic mass is 32.2. The molecule has 0 fully saturated rings. The third-order valence-electron chi connectivity index (χ3n) is 4.90. The topological polar surface area (TPSA) is 69.0 Å². The van der Waals surface area contributed by atoms with Crippen LogP contribution in [-0.4, -0.2) is 33.5 Å². The molecule has 0 saturated carbocycles. The van der Waals surface area contributed by atoms with Crippen molar-refractivity contribution in [2.45, 2.75) is 38.9 Å². The highest BCUT2D eigenvalue weighted by Crippen LogP contribution is 2.24. The lowest BCUT2D eigenvalue weighted by Crippen LogP contribution is -2.16. The molecule has 162 valence electrons. The van der Waals surface area contributed by atoms with Gasteiger partial charge in [-0.1, -0.05) is 47.7 Å². The van der Waals surface area contributed by atoms with Gasteiger partial charge in [-0.15, -0.1) is 16.8 Å². The summed E-state index contributed by atoms with van der Waals surface area (Å²) in [7, 11) is 1.65. The first-order valence-electron chi connectivity index (χ1n) is 10.1. The van der Waals surface area contributed by atoms with E-state index in [9.17, 15) is 4.79 Å². The van der Waals surface area contributed by atoms with Crippen molar-refractivity contribution in [3.8, 4) is 5.75 Å². The summed E-state index contributed by atoms with van der Waals surface area (Å²) in [5, 5.41) is 12.4. The molecule has 7 heteroatoms. The normalized spacial score (nSPS) is 10.7. The molecule has 0 saturated heterocycles. The standard InChI is InChI=1S/C24H28N4O2S/c1-6-11-28-21(14-19-7-9-20(30-5)10-8-19)26-27-24(28)31-15-22(29)25-23-17(3)12-16(2)13-18(23)4/h6-10,12-13H,1,11,14-15H2,2-5H3,(H,25,29). The van der Waals surface area contributed by atoms with Crippen LogP contribution in [0.3, 0.4) is 0 Å². The lowest BCUT2D eigenvalue weighted by molar-refractivity contribution is -0.113. The van der Waals surface area contributed by atoms with Crippen molar-refractivity contribution in [3.05, 3.63) is 77.1 Å². The molecule has 0 aliphatic heterocycles. The third-order valence-corrected chi connectivity index (χ3v) is 5.87. The molecule has 0 atom stereocenters. The number of amides is 1. The molecule has 0 aliphatic rings. The maximum atomic E-state index is 12.6. The van der Waals surface area contributed by atoms with Crippen molar-refractivity contribution in [3.63, 3.8) is 0 Å². The first-order chi connectivity index (χ1) is 14.9. The third kappa shape index (κ3) is 5.76. The van der Waals surface area contributed by atoms with Gasteiger partial charge in [0.25, 0.3) is 0 Å². The molecule has 3 rings (SSSR count). The monoisotopic (exact) mass is 436 g/mol. The van der Waals surface area contributed by atoms with Crippen LogP contribution in [0.15, 0.2) is 54.2 Å². The van der Waals surface area contributed by atoms with Crippen molar-refractivity contribution in [2.24, 2.45) is 0 Å². The van der Waals surface area contributed by atoms with Gasteiger partial charge < -0.3 is 14.6 Å². The maximum Gasteiger partial charge on any atom is 0.234 e. The molecule has 0 radical (unpaired) electrons. The van der Waals surface area contributed by atoms with Gasteiger partial charge in [0.05, 0.1) is 12.9 Å². The Labute approximate surface area is 187 Å². The van der Waals surface area contributed by atoms with Crippen LogP contribution in [-0.2, 0) is 17.8 Å². The second-order valence-electron chi connectivity index (χ2n) is 7.43. The lowest BCUT2D eigenvalue weighted by atomic mass is 10.1. The van der Waals surface area contributed by atoms with E-state index in [1.165, 1.54) is 17.3 Å². The van der Waals surface area contributed by atoms with Crippen LogP contribution in [0, 0.1) is 20.8 Å². The fraction of sp³-hybridized carbons (Fsp3) is 0.292. The van der Waals surface area contributed by atoms with Crippen molar-refractivity contribution in [1.29, 1.82) is 0 Å². The summed E-state index contributed by atoms with van der Waals surface area (Å²) in [6.07, 6.45) is 2.45. The number of thioether (sulfide) groups is 1. The molecule has 0 aliphatic carbocycles. The molecule has 1 amide bonds. The van der Waals surface area contributed by atoms with Crippen LogP contribution in [0.2, 0.25) is 0 Å². The maximum absolute atomic E-state index is 12.6. The average Bonchev–Trinajstić information content (AvgIpc) is 3.11. The molecule has 6 nitrogen and oxygen atoms in total. The zero-order valence-corrected chi connectivity index (χ0v) is 19.3. The minimum absolute atomic E-state index is 0.0649. The summed E-state index contributed by atoms with van der Waals surface area (Å²) < 4.78 is 7.21. The molecular formula is C24H28N4O2S. The van der Waals surface area contributed by atoms with Gasteiger partial charge in [0.1, 0.15) is 11.6 Å². The minimum Gasteiger partial charge on any atom is -0.497 e. The van der Waals surface area contributed by atoms with Crippen LogP contribution in [0.25, 0.3) is 0 Å². The number of carbonyl (C=O) groups is 1. The summed E-state index contributed by atoms with van der Waals surface area (Å²) in [6, 6.07) is 12.0. The Hall–Kier alpha value is -3.06. The second-order valence-corrected chi connectivity index (χ2v) is 8.38. The van der Waals surface area contributed by atoms with Gasteiger partial charge in [-0.05, 0) is 49.6 Å². The Bertz CT molecular complexity index is 1050. The summed E-state index contributed by atoms with van der Waals surface area (Å²) in [6.45, 7) is 10.5. The van der Waals surface area contributed by atoms with E-state index >= 15 is 0 Å². The van der Waals surface area contributed by atoms with Crippen molar-refractivity contribution < 1.29 is 9.53 Å². The number of aromatic nitrogens is 3. The number of nitrogens with zero attached hydrogens (tertiary/aromatic N) is 3. The Balaban J connectivity index is 1.68. The smallest absolute Gasteiger partial charge is 0.234 e. The van der Waals surface area contributed by atoms with Crippen molar-refractivity contribution in [1.82, 2.24) is 14.8 Å². The fourth-order valence-corrected chi connectivity index (χ4v) is 4.24. The highest BCUT2D eigenvalue weighted by molar-refractivity contribution is 7.99. The number of benzene rings is 2. The molecule has 1 heterocycles. The lowest BCUT2D eigenvalue weighted by Gasteiger charge is -2.13. The van der Waals surface area contributed by atoms with Gasteiger partial charge in [0.15, 0.2) is 5.16 Å². The van der Waals surface area contributed by atoms with Crippen LogP contribution >= 0.6 is 11.8 Å². The van der Waals surface area contributed by atoms with Crippen LogP contribution in [0.1, 0.15) is 28.1 Å². The van der Waals surface area contributed by atoms with Gasteiger partial charge in [-0.3, -0.25) is 4.79 Å². The summed E-state index contributed by atoms with van der Waals surface area (Å²) in [4.78, 5) is 12.6. The molecule has 2 aromatic carbocycles. The molecule has 1 N–H and O–H groups in total. The van der Waals surface area contributed by atoms with Crippen LogP contribution < -0.4 is 10.1 Å². The summed E-state index contributed by atoms with van der Waals surface area (Å²) in [5.74, 6) is 1.84. The summed E-state index contributed by atoms with van der Waals surface area (Å²) >= 11 is 1.38. The van der Waals surface area contributed by atoms with Crippen molar-refractivity contribution in [2.75, 3.05) is 18.2 Å². The average molecular weight is 437 g/mol. The fourth-order valence-electron chi connectivity index (χ4n) is 3.48. The molecule has 1 aromatic heterocycles. The van der Waals surface area contributed by atoms with E-state index in [1.54, 1.807) is 7.11 Å². The van der Waals surface area contributed by atoms with E-state index < -0.39 is 0 Å². The zero-order chi connectivity index (χ0) is 22.4. The number of nitrogens with one attached hydrogen (secondary N) is 1. The van der Waals surface area contributed by atoms with E-state index in [2.05, 4.69) is 41.1 Å². The zero-order valence-electron chi connectivity index (χ0n) is 18.4. The predicted molar refractivity (Wildman–Crippen MR) is 126 cm³/mol. The molecule has 3 aromatic rings. The Morgan fingerprint density at radius 2 is 1.84 bits per heavy atom. The first kappa shape index (κ1) is 22.6. The van der Waals surface area contributed by atoms with Crippen molar-refractivity contribution >= 4 is 23.4 Å². The second kappa shape index (κ2) is 10.3. The Morgan fingerprint density at radius 1 is 1.16 bits per heavy atom. The molecule has 31 heavy (non-hydrogen) atoms. The number of hydrogen-bond donors (Lipinski definition) is 1. The van der Waals surface area contributed by atoms with E-state index in [0.717, 1.165) is 34.0 Å². The van der Waals surface area contributed by atoms with E-state index in [0.29, 0.717) is 18.1 Å². The van der Waals surface area contributed by atoms with E-state index in [4.69, 9.17) is 4.74 Å². The number of aryl methyl sites for hydroxylation is 3. The number of carbonyl (C=O) groups excluding carboxylic acids is 1. The summed E-state index contributed by atoms with van der Waals surface area (Å²) in [5.41, 5.74) is 5.30. The first-order valence-corrected chi connectivity index (χ1v) is 11.1. The predicted octanol–water partition coefficient (Wildman–Crippen LogP) is 4.72. The van der Waals surface area contributed by atoms with Gasteiger partial charge in [0.2, 0.25) is 5.91 Å². The SMILES string of the molecule is C=CCn1c(Cc2ccc(OC)cc2)nnc1SCC(=O)Nc1c(C)cc(C)cc1C. The Kier molecular flexibility index (Phi) is 7.52. The number of rotatable bonds is 9. The number of hydrogen-bond acceptors (Lipinski definition) is 5. The number of methoxy groups -OCH3 is 1. The molecule has 0 bridgehead atoms. The van der Waals surface area contributed by atoms with E-state index in [-0.39, 0.29) is 11.7 Å². The number of ether oxygens (including phenoxy) is 1. The largest absolute Gasteiger partial charge is 0.497 e. The number of allylic oxidation sites excluding steroid dienone is 1. The van der Waals surface area contributed by atoms with Crippen LogP contribution in [0.5, 0.6) is 5.75 Å². The molecule has 0 unspecified atom stereocenters. The molecular weight excluding hydrogens is 408 g/mol. The van der Waals surface area contributed by atoms with Gasteiger partial charge >= 0.3 is 0 Å². The Morgan fingerprint density at radius 3 is 2.45 bits per heavy atom. The van der Waals surface area contributed by atoms with Crippen LogP contribution in [0.4, 0.5) is 5.69 Å². The quantitative estimate of drug-likeness (QED) is 0.388. The molecule has 0 spiro atoms. The van der Waals surface area contributed by atoms with Gasteiger partial charge in [-0.25, -0.2) is 0 Å². The van der Waals surface area contributed by atoms with E-state index in [1.807, 2.05) is 48.8 Å². The van der Waals surface area contributed by atoms with Gasteiger partial charge in [0, 0.05) is 18.7 Å². The highest BCUT2D eigenvalue weighted by Gasteiger charge is 2.15. The number of anilines is 1. The minimum atomic E-state index is -0.0649.